The van der Waals surface area contributed by atoms with E-state index in [2.05, 4.69) is 18.7 Å². The van der Waals surface area contributed by atoms with Crippen LogP contribution in [0.5, 0.6) is 0 Å². The van der Waals surface area contributed by atoms with Gasteiger partial charge in [0.15, 0.2) is 0 Å². The van der Waals surface area contributed by atoms with Gasteiger partial charge in [-0.05, 0) is 31.5 Å². The van der Waals surface area contributed by atoms with Crippen LogP contribution in [0.1, 0.15) is 19.4 Å². The van der Waals surface area contributed by atoms with Gasteiger partial charge in [-0.3, -0.25) is 4.90 Å². The van der Waals surface area contributed by atoms with E-state index in [0.29, 0.717) is 37.8 Å². The van der Waals surface area contributed by atoms with E-state index in [0.717, 1.165) is 0 Å². The van der Waals surface area contributed by atoms with Crippen LogP contribution in [0.4, 0.5) is 4.39 Å². The molecule has 1 aliphatic heterocycles. The molecule has 1 fully saturated rings. The first kappa shape index (κ1) is 16.7. The van der Waals surface area contributed by atoms with Gasteiger partial charge in [0.2, 0.25) is 10.0 Å². The molecule has 0 atom stereocenters. The lowest BCUT2D eigenvalue weighted by Gasteiger charge is -2.36. The molecule has 7 heteroatoms. The summed E-state index contributed by atoms with van der Waals surface area (Å²) in [6, 6.07) is 4.42. The smallest absolute Gasteiger partial charge is 0.246 e. The van der Waals surface area contributed by atoms with Crippen molar-refractivity contribution >= 4 is 21.6 Å². The summed E-state index contributed by atoms with van der Waals surface area (Å²) in [6.07, 6.45) is 0. The highest BCUT2D eigenvalue weighted by atomic mass is 35.5. The molecule has 1 saturated heterocycles. The summed E-state index contributed by atoms with van der Waals surface area (Å²) in [7, 11) is -3.78. The van der Waals surface area contributed by atoms with E-state index in [1.165, 1.54) is 16.4 Å². The number of alkyl halides is 1. The second-order valence-corrected chi connectivity index (χ2v) is 7.61. The van der Waals surface area contributed by atoms with Gasteiger partial charge in [0.1, 0.15) is 10.7 Å². The molecule has 118 valence electrons. The van der Waals surface area contributed by atoms with Crippen LogP contribution in [0, 0.1) is 5.82 Å². The molecule has 0 aliphatic carbocycles. The molecule has 0 amide bonds. The maximum atomic E-state index is 14.0. The normalized spacial score (nSPS) is 18.3. The van der Waals surface area contributed by atoms with Crippen LogP contribution < -0.4 is 0 Å². The van der Waals surface area contributed by atoms with Crippen LogP contribution in [0.2, 0.25) is 0 Å². The van der Waals surface area contributed by atoms with Crippen molar-refractivity contribution in [1.82, 2.24) is 9.21 Å². The number of halogens is 2. The molecule has 0 N–H and O–H groups in total. The molecule has 4 nitrogen and oxygen atoms in total. The molecule has 1 aromatic carbocycles. The third kappa shape index (κ3) is 3.56. The van der Waals surface area contributed by atoms with E-state index >= 15 is 0 Å². The topological polar surface area (TPSA) is 40.6 Å². The van der Waals surface area contributed by atoms with Crippen LogP contribution in [-0.2, 0) is 15.9 Å². The molecule has 0 aromatic heterocycles. The second kappa shape index (κ2) is 6.60. The Morgan fingerprint density at radius 3 is 2.33 bits per heavy atom. The first-order valence-electron chi connectivity index (χ1n) is 6.95. The molecule has 0 radical (unpaired) electrons. The Balaban J connectivity index is 2.19. The van der Waals surface area contributed by atoms with E-state index in [4.69, 9.17) is 11.6 Å². The van der Waals surface area contributed by atoms with Gasteiger partial charge in [-0.1, -0.05) is 6.07 Å². The fourth-order valence-electron chi connectivity index (χ4n) is 2.44. The number of benzene rings is 1. The average Bonchev–Trinajstić information content (AvgIpc) is 2.46. The Kier molecular flexibility index (Phi) is 5.24. The van der Waals surface area contributed by atoms with Gasteiger partial charge in [-0.2, -0.15) is 4.31 Å². The molecular formula is C14H20ClFN2O2S. The van der Waals surface area contributed by atoms with Gasteiger partial charge in [0.25, 0.3) is 0 Å². The molecule has 2 rings (SSSR count). The number of rotatable bonds is 4. The SMILES string of the molecule is CC(C)N1CCN(S(=O)(=O)c2ccc(CCl)cc2F)CC1. The Labute approximate surface area is 130 Å². The van der Waals surface area contributed by atoms with Crippen molar-refractivity contribution in [2.45, 2.75) is 30.7 Å². The summed E-state index contributed by atoms with van der Waals surface area (Å²) in [6.45, 7) is 6.26. The first-order valence-corrected chi connectivity index (χ1v) is 8.92. The number of piperazine rings is 1. The highest BCUT2D eigenvalue weighted by molar-refractivity contribution is 7.89. The van der Waals surface area contributed by atoms with Gasteiger partial charge < -0.3 is 0 Å². The Morgan fingerprint density at radius 2 is 1.86 bits per heavy atom. The average molecular weight is 335 g/mol. The molecule has 0 saturated carbocycles. The zero-order chi connectivity index (χ0) is 15.6. The Bertz CT molecular complexity index is 599. The number of nitrogens with zero attached hydrogens (tertiary/aromatic N) is 2. The third-order valence-electron chi connectivity index (χ3n) is 3.77. The fraction of sp³-hybridized carbons (Fsp3) is 0.571. The molecule has 1 heterocycles. The second-order valence-electron chi connectivity index (χ2n) is 5.43. The van der Waals surface area contributed by atoms with Crippen LogP contribution in [0.15, 0.2) is 23.1 Å². The van der Waals surface area contributed by atoms with E-state index in [-0.39, 0.29) is 10.8 Å². The van der Waals surface area contributed by atoms with E-state index in [9.17, 15) is 12.8 Å². The zero-order valence-corrected chi connectivity index (χ0v) is 13.8. The standard InChI is InChI=1S/C14H20ClFN2O2S/c1-11(2)17-5-7-18(8-6-17)21(19,20)14-4-3-12(10-15)9-13(14)16/h3-4,9,11H,5-8,10H2,1-2H3. The summed E-state index contributed by atoms with van der Waals surface area (Å²) >= 11 is 5.63. The highest BCUT2D eigenvalue weighted by Crippen LogP contribution is 2.22. The fourth-order valence-corrected chi connectivity index (χ4v) is 4.07. The minimum atomic E-state index is -3.78. The number of hydrogen-bond donors (Lipinski definition) is 0. The first-order chi connectivity index (χ1) is 9.86. The lowest BCUT2D eigenvalue weighted by molar-refractivity contribution is 0.154. The summed E-state index contributed by atoms with van der Waals surface area (Å²) in [4.78, 5) is 1.94. The Morgan fingerprint density at radius 1 is 1.24 bits per heavy atom. The van der Waals surface area contributed by atoms with Gasteiger partial charge in [-0.15, -0.1) is 11.6 Å². The lowest BCUT2D eigenvalue weighted by atomic mass is 10.2. The zero-order valence-electron chi connectivity index (χ0n) is 12.2. The van der Waals surface area contributed by atoms with E-state index in [1.54, 1.807) is 6.07 Å². The molecule has 0 spiro atoms. The van der Waals surface area contributed by atoms with Crippen LogP contribution in [0.25, 0.3) is 0 Å². The number of sulfonamides is 1. The predicted molar refractivity (Wildman–Crippen MR) is 81.4 cm³/mol. The molecule has 21 heavy (non-hydrogen) atoms. The Hall–Kier alpha value is -0.690. The largest absolute Gasteiger partial charge is 0.298 e. The van der Waals surface area contributed by atoms with Gasteiger partial charge in [0, 0.05) is 38.1 Å². The molecular weight excluding hydrogens is 315 g/mol. The summed E-state index contributed by atoms with van der Waals surface area (Å²) in [5, 5.41) is 0. The van der Waals surface area contributed by atoms with Crippen LogP contribution >= 0.6 is 11.6 Å². The van der Waals surface area contributed by atoms with Crippen molar-refractivity contribution in [3.05, 3.63) is 29.6 Å². The van der Waals surface area contributed by atoms with Gasteiger partial charge in [-0.25, -0.2) is 12.8 Å². The van der Waals surface area contributed by atoms with Crippen LogP contribution in [0.3, 0.4) is 0 Å². The van der Waals surface area contributed by atoms with Crippen molar-refractivity contribution < 1.29 is 12.8 Å². The van der Waals surface area contributed by atoms with Crippen molar-refractivity contribution in [2.75, 3.05) is 26.2 Å². The predicted octanol–water partition coefficient (Wildman–Crippen LogP) is 2.28. The highest BCUT2D eigenvalue weighted by Gasteiger charge is 2.31. The third-order valence-corrected chi connectivity index (χ3v) is 6.01. The summed E-state index contributed by atoms with van der Waals surface area (Å²) in [5.41, 5.74) is 0.567. The monoisotopic (exact) mass is 334 g/mol. The summed E-state index contributed by atoms with van der Waals surface area (Å²) in [5.74, 6) is -0.580. The van der Waals surface area contributed by atoms with E-state index < -0.39 is 15.8 Å². The van der Waals surface area contributed by atoms with Crippen molar-refractivity contribution in [2.24, 2.45) is 0 Å². The quantitative estimate of drug-likeness (QED) is 0.793. The van der Waals surface area contributed by atoms with E-state index in [1.807, 2.05) is 0 Å². The molecule has 0 unspecified atom stereocenters. The molecule has 1 aromatic rings. The lowest BCUT2D eigenvalue weighted by Crippen LogP contribution is -2.50. The number of hydrogen-bond acceptors (Lipinski definition) is 3. The van der Waals surface area contributed by atoms with Crippen molar-refractivity contribution in [3.63, 3.8) is 0 Å². The maximum Gasteiger partial charge on any atom is 0.246 e. The minimum absolute atomic E-state index is 0.157. The molecule has 0 bridgehead atoms. The molecule has 1 aliphatic rings. The van der Waals surface area contributed by atoms with Crippen molar-refractivity contribution in [1.29, 1.82) is 0 Å². The van der Waals surface area contributed by atoms with Gasteiger partial charge in [0.05, 0.1) is 0 Å². The summed E-state index contributed by atoms with van der Waals surface area (Å²) < 4.78 is 40.4. The van der Waals surface area contributed by atoms with Crippen LogP contribution in [-0.4, -0.2) is 49.8 Å². The minimum Gasteiger partial charge on any atom is -0.298 e. The maximum absolute atomic E-state index is 14.0. The van der Waals surface area contributed by atoms with Gasteiger partial charge >= 0.3 is 0 Å². The van der Waals surface area contributed by atoms with Crippen molar-refractivity contribution in [3.8, 4) is 0 Å².